The second kappa shape index (κ2) is 8.64. The molecular formula is C17H24FN3O2. The largest absolute Gasteiger partial charge is 0.386 e. The highest BCUT2D eigenvalue weighted by molar-refractivity contribution is 5.74. The zero-order valence-electron chi connectivity index (χ0n) is 13.2. The Balaban J connectivity index is 1.71. The van der Waals surface area contributed by atoms with Crippen LogP contribution < -0.4 is 10.6 Å². The van der Waals surface area contributed by atoms with Gasteiger partial charge in [0.05, 0.1) is 6.10 Å². The van der Waals surface area contributed by atoms with Crippen LogP contribution in [-0.4, -0.2) is 48.3 Å². The minimum Gasteiger partial charge on any atom is -0.386 e. The Kier molecular flexibility index (Phi) is 6.55. The number of likely N-dealkylation sites (tertiary alicyclic amines) is 1. The molecule has 6 heteroatoms. The van der Waals surface area contributed by atoms with E-state index in [-0.39, 0.29) is 24.2 Å². The Morgan fingerprint density at radius 2 is 2.13 bits per heavy atom. The molecule has 1 unspecified atom stereocenters. The van der Waals surface area contributed by atoms with E-state index >= 15 is 0 Å². The van der Waals surface area contributed by atoms with E-state index < -0.39 is 11.9 Å². The van der Waals surface area contributed by atoms with Crippen molar-refractivity contribution in [3.63, 3.8) is 0 Å². The number of piperidine rings is 1. The smallest absolute Gasteiger partial charge is 0.315 e. The number of halogens is 1. The number of carbonyl (C=O) groups excluding carboxylic acids is 1. The van der Waals surface area contributed by atoms with E-state index in [9.17, 15) is 14.3 Å². The molecule has 23 heavy (non-hydrogen) atoms. The molecule has 1 saturated heterocycles. The van der Waals surface area contributed by atoms with Crippen LogP contribution in [0.15, 0.2) is 36.9 Å². The summed E-state index contributed by atoms with van der Waals surface area (Å²) in [7, 11) is 0. The van der Waals surface area contributed by atoms with E-state index in [1.165, 1.54) is 12.1 Å². The molecule has 0 saturated carbocycles. The molecule has 1 aliphatic rings. The summed E-state index contributed by atoms with van der Waals surface area (Å²) >= 11 is 0. The predicted molar refractivity (Wildman–Crippen MR) is 87.6 cm³/mol. The van der Waals surface area contributed by atoms with Crippen LogP contribution in [0.5, 0.6) is 0 Å². The van der Waals surface area contributed by atoms with Crippen LogP contribution in [0, 0.1) is 5.82 Å². The number of carbonyl (C=O) groups is 1. The summed E-state index contributed by atoms with van der Waals surface area (Å²) in [6.07, 6.45) is 2.59. The van der Waals surface area contributed by atoms with Crippen LogP contribution in [0.25, 0.3) is 0 Å². The van der Waals surface area contributed by atoms with Crippen molar-refractivity contribution in [3.8, 4) is 0 Å². The lowest BCUT2D eigenvalue weighted by atomic mass is 10.1. The third-order valence-corrected chi connectivity index (χ3v) is 4.03. The molecule has 1 heterocycles. The number of hydrogen-bond acceptors (Lipinski definition) is 3. The summed E-state index contributed by atoms with van der Waals surface area (Å²) in [4.78, 5) is 14.2. The highest BCUT2D eigenvalue weighted by atomic mass is 19.1. The topological polar surface area (TPSA) is 64.6 Å². The highest BCUT2D eigenvalue weighted by Crippen LogP contribution is 2.15. The van der Waals surface area contributed by atoms with Crippen LogP contribution in [0.2, 0.25) is 0 Å². The molecule has 0 spiro atoms. The highest BCUT2D eigenvalue weighted by Gasteiger charge is 2.20. The van der Waals surface area contributed by atoms with Gasteiger partial charge in [-0.15, -0.1) is 6.58 Å². The van der Waals surface area contributed by atoms with Gasteiger partial charge in [0.25, 0.3) is 0 Å². The van der Waals surface area contributed by atoms with Gasteiger partial charge >= 0.3 is 6.03 Å². The monoisotopic (exact) mass is 321 g/mol. The summed E-state index contributed by atoms with van der Waals surface area (Å²) < 4.78 is 13.5. The SMILES string of the molecule is C=CCN1CCC(NC(=O)NCC(O)c2ccccc2F)CC1. The van der Waals surface area contributed by atoms with Crippen molar-refractivity contribution in [2.75, 3.05) is 26.2 Å². The number of urea groups is 1. The zero-order chi connectivity index (χ0) is 16.7. The lowest BCUT2D eigenvalue weighted by molar-refractivity contribution is 0.166. The number of hydrogen-bond donors (Lipinski definition) is 3. The molecule has 0 radical (unpaired) electrons. The Bertz CT molecular complexity index is 530. The third-order valence-electron chi connectivity index (χ3n) is 4.03. The molecule has 2 amide bonds. The predicted octanol–water partition coefficient (Wildman–Crippen LogP) is 1.81. The van der Waals surface area contributed by atoms with Gasteiger partial charge < -0.3 is 15.7 Å². The van der Waals surface area contributed by atoms with E-state index in [4.69, 9.17) is 0 Å². The molecular weight excluding hydrogens is 297 g/mol. The third kappa shape index (κ3) is 5.33. The lowest BCUT2D eigenvalue weighted by Crippen LogP contribution is -2.48. The first-order valence-corrected chi connectivity index (χ1v) is 7.90. The van der Waals surface area contributed by atoms with Gasteiger partial charge in [-0.1, -0.05) is 24.3 Å². The van der Waals surface area contributed by atoms with E-state index in [1.807, 2.05) is 6.08 Å². The molecule has 3 N–H and O–H groups in total. The fourth-order valence-electron chi connectivity index (χ4n) is 2.72. The van der Waals surface area contributed by atoms with Gasteiger partial charge in [0.2, 0.25) is 0 Å². The Labute approximate surface area is 136 Å². The normalized spacial score (nSPS) is 17.5. The van der Waals surface area contributed by atoms with E-state index in [0.717, 1.165) is 32.5 Å². The average molecular weight is 321 g/mol. The minimum atomic E-state index is -1.06. The average Bonchev–Trinajstić information content (AvgIpc) is 2.55. The van der Waals surface area contributed by atoms with Crippen molar-refractivity contribution in [1.82, 2.24) is 15.5 Å². The first kappa shape index (κ1) is 17.4. The number of aliphatic hydroxyl groups excluding tert-OH is 1. The van der Waals surface area contributed by atoms with Crippen LogP contribution in [-0.2, 0) is 0 Å². The molecule has 126 valence electrons. The van der Waals surface area contributed by atoms with Crippen molar-refractivity contribution in [2.45, 2.75) is 25.0 Å². The zero-order valence-corrected chi connectivity index (χ0v) is 13.2. The van der Waals surface area contributed by atoms with Gasteiger partial charge in [0.15, 0.2) is 0 Å². The molecule has 5 nitrogen and oxygen atoms in total. The van der Waals surface area contributed by atoms with Crippen LogP contribution >= 0.6 is 0 Å². The van der Waals surface area contributed by atoms with E-state index in [0.29, 0.717) is 0 Å². The van der Waals surface area contributed by atoms with Gasteiger partial charge in [-0.05, 0) is 18.9 Å². The molecule has 1 aliphatic heterocycles. The number of nitrogens with one attached hydrogen (secondary N) is 2. The van der Waals surface area contributed by atoms with Crippen LogP contribution in [0.1, 0.15) is 24.5 Å². The lowest BCUT2D eigenvalue weighted by Gasteiger charge is -2.31. The maximum Gasteiger partial charge on any atom is 0.315 e. The van der Waals surface area contributed by atoms with Crippen molar-refractivity contribution in [1.29, 1.82) is 0 Å². The number of benzene rings is 1. The van der Waals surface area contributed by atoms with Crippen LogP contribution in [0.3, 0.4) is 0 Å². The second-order valence-corrected chi connectivity index (χ2v) is 5.76. The molecule has 1 atom stereocenters. The van der Waals surface area contributed by atoms with E-state index in [2.05, 4.69) is 22.1 Å². The maximum absolute atomic E-state index is 13.5. The maximum atomic E-state index is 13.5. The van der Waals surface area contributed by atoms with Gasteiger partial charge in [0, 0.05) is 37.8 Å². The number of nitrogens with zero attached hydrogens (tertiary/aromatic N) is 1. The molecule has 1 aromatic carbocycles. The quantitative estimate of drug-likeness (QED) is 0.700. The van der Waals surface area contributed by atoms with Crippen molar-refractivity contribution >= 4 is 6.03 Å². The number of aliphatic hydroxyl groups is 1. The van der Waals surface area contributed by atoms with Crippen molar-refractivity contribution in [3.05, 3.63) is 48.3 Å². The van der Waals surface area contributed by atoms with Crippen molar-refractivity contribution < 1.29 is 14.3 Å². The number of rotatable bonds is 6. The molecule has 2 rings (SSSR count). The first-order chi connectivity index (χ1) is 11.1. The molecule has 0 bridgehead atoms. The fraction of sp³-hybridized carbons (Fsp3) is 0.471. The van der Waals surface area contributed by atoms with E-state index in [1.54, 1.807) is 12.1 Å². The first-order valence-electron chi connectivity index (χ1n) is 7.90. The van der Waals surface area contributed by atoms with Gasteiger partial charge in [-0.2, -0.15) is 0 Å². The minimum absolute atomic E-state index is 0.0257. The summed E-state index contributed by atoms with van der Waals surface area (Å²) in [6, 6.07) is 5.80. The Morgan fingerprint density at radius 3 is 2.78 bits per heavy atom. The summed E-state index contributed by atoms with van der Waals surface area (Å²) in [5.74, 6) is -0.475. The fourth-order valence-corrected chi connectivity index (χ4v) is 2.72. The second-order valence-electron chi connectivity index (χ2n) is 5.76. The molecule has 1 fully saturated rings. The summed E-state index contributed by atoms with van der Waals surface area (Å²) in [5, 5.41) is 15.4. The van der Waals surface area contributed by atoms with Crippen molar-refractivity contribution in [2.24, 2.45) is 0 Å². The molecule has 0 aliphatic carbocycles. The summed E-state index contributed by atoms with van der Waals surface area (Å²) in [6.45, 7) is 6.42. The number of amides is 2. The molecule has 0 aromatic heterocycles. The summed E-state index contributed by atoms with van der Waals surface area (Å²) in [5.41, 5.74) is 0.186. The van der Waals surface area contributed by atoms with Gasteiger partial charge in [-0.25, -0.2) is 9.18 Å². The Hall–Kier alpha value is -1.92. The van der Waals surface area contributed by atoms with Gasteiger partial charge in [-0.3, -0.25) is 4.90 Å². The Morgan fingerprint density at radius 1 is 1.43 bits per heavy atom. The molecule has 1 aromatic rings. The van der Waals surface area contributed by atoms with Gasteiger partial charge in [0.1, 0.15) is 5.82 Å². The standard InChI is InChI=1S/C17H24FN3O2/c1-2-9-21-10-7-13(8-11-21)20-17(23)19-12-16(22)14-5-3-4-6-15(14)18/h2-6,13,16,22H,1,7-12H2,(H2,19,20,23). The van der Waals surface area contributed by atoms with Crippen LogP contribution in [0.4, 0.5) is 9.18 Å².